The van der Waals surface area contributed by atoms with Gasteiger partial charge in [-0.1, -0.05) is 19.1 Å². The summed E-state index contributed by atoms with van der Waals surface area (Å²) in [5, 5.41) is 0. The molecular weight excluding hydrogens is 226 g/mol. The molecule has 1 heterocycles. The Bertz CT molecular complexity index is 617. The summed E-state index contributed by atoms with van der Waals surface area (Å²) in [5.41, 5.74) is 1.98. The second-order valence-electron chi connectivity index (χ2n) is 5.18. The summed E-state index contributed by atoms with van der Waals surface area (Å²) in [4.78, 5) is 18.4. The Morgan fingerprint density at radius 3 is 2.72 bits per heavy atom. The molecule has 0 N–H and O–H groups in total. The smallest absolute Gasteiger partial charge is 0.232 e. The molecule has 0 aliphatic heterocycles. The fourth-order valence-electron chi connectivity index (χ4n) is 2.45. The molecule has 1 saturated carbocycles. The topological polar surface area (TPSA) is 38.1 Å². The highest BCUT2D eigenvalue weighted by Crippen LogP contribution is 2.39. The Balaban J connectivity index is 1.98. The highest BCUT2D eigenvalue weighted by molar-refractivity contribution is 5.96. The summed E-state index contributed by atoms with van der Waals surface area (Å²) in [7, 11) is 3.76. The second kappa shape index (κ2) is 3.83. The van der Waals surface area contributed by atoms with Gasteiger partial charge in [-0.25, -0.2) is 4.98 Å². The van der Waals surface area contributed by atoms with E-state index in [0.29, 0.717) is 5.92 Å². The standard InChI is InChI=1S/C14H17N3O/c1-9-8-10(9)13(18)17(3)14-15-11-6-4-5-7-12(11)16(14)2/h4-7,9-10H,8H2,1-3H3/t9-,10-/m0/s1. The van der Waals surface area contributed by atoms with Crippen LogP contribution in [-0.4, -0.2) is 22.5 Å². The molecule has 0 bridgehead atoms. The van der Waals surface area contributed by atoms with E-state index in [0.717, 1.165) is 23.4 Å². The van der Waals surface area contributed by atoms with E-state index in [1.165, 1.54) is 0 Å². The van der Waals surface area contributed by atoms with Crippen molar-refractivity contribution in [3.8, 4) is 0 Å². The predicted molar refractivity (Wildman–Crippen MR) is 71.4 cm³/mol. The minimum atomic E-state index is 0.181. The summed E-state index contributed by atoms with van der Waals surface area (Å²) >= 11 is 0. The van der Waals surface area contributed by atoms with Crippen molar-refractivity contribution in [2.45, 2.75) is 13.3 Å². The molecule has 1 aromatic heterocycles. The molecule has 94 valence electrons. The zero-order chi connectivity index (χ0) is 12.9. The van der Waals surface area contributed by atoms with Crippen LogP contribution in [0.3, 0.4) is 0 Å². The van der Waals surface area contributed by atoms with E-state index in [4.69, 9.17) is 0 Å². The number of amides is 1. The van der Waals surface area contributed by atoms with Gasteiger partial charge in [-0.05, 0) is 24.5 Å². The van der Waals surface area contributed by atoms with Crippen molar-refractivity contribution in [3.63, 3.8) is 0 Å². The first-order chi connectivity index (χ1) is 8.59. The van der Waals surface area contributed by atoms with Crippen LogP contribution in [-0.2, 0) is 11.8 Å². The van der Waals surface area contributed by atoms with Gasteiger partial charge in [0.05, 0.1) is 11.0 Å². The monoisotopic (exact) mass is 243 g/mol. The Morgan fingerprint density at radius 1 is 1.44 bits per heavy atom. The van der Waals surface area contributed by atoms with E-state index in [-0.39, 0.29) is 11.8 Å². The molecule has 1 amide bonds. The zero-order valence-corrected chi connectivity index (χ0v) is 10.9. The molecule has 0 radical (unpaired) electrons. The van der Waals surface area contributed by atoms with E-state index < -0.39 is 0 Å². The van der Waals surface area contributed by atoms with Gasteiger partial charge < -0.3 is 4.57 Å². The maximum atomic E-state index is 12.2. The lowest BCUT2D eigenvalue weighted by Gasteiger charge is -2.16. The lowest BCUT2D eigenvalue weighted by Crippen LogP contribution is -2.30. The number of nitrogens with zero attached hydrogens (tertiary/aromatic N) is 3. The van der Waals surface area contributed by atoms with E-state index >= 15 is 0 Å². The third kappa shape index (κ3) is 1.60. The molecule has 0 saturated heterocycles. The number of anilines is 1. The molecule has 18 heavy (non-hydrogen) atoms. The van der Waals surface area contributed by atoms with Gasteiger partial charge in [0.25, 0.3) is 0 Å². The third-order valence-corrected chi connectivity index (χ3v) is 3.82. The number of hydrogen-bond donors (Lipinski definition) is 0. The van der Waals surface area contributed by atoms with Crippen LogP contribution < -0.4 is 4.90 Å². The van der Waals surface area contributed by atoms with Gasteiger partial charge in [-0.2, -0.15) is 0 Å². The Morgan fingerprint density at radius 2 is 2.11 bits per heavy atom. The van der Waals surface area contributed by atoms with Crippen LogP contribution in [0.4, 0.5) is 5.95 Å². The predicted octanol–water partition coefficient (Wildman–Crippen LogP) is 2.19. The number of aryl methyl sites for hydroxylation is 1. The number of hydrogen-bond acceptors (Lipinski definition) is 2. The number of fused-ring (bicyclic) bond motifs is 1. The summed E-state index contributed by atoms with van der Waals surface area (Å²) in [6, 6.07) is 7.93. The number of benzene rings is 1. The highest BCUT2D eigenvalue weighted by atomic mass is 16.2. The average Bonchev–Trinajstić information content (AvgIpc) is 3.01. The molecular formula is C14H17N3O. The van der Waals surface area contributed by atoms with E-state index in [1.54, 1.807) is 4.90 Å². The van der Waals surface area contributed by atoms with Crippen molar-refractivity contribution < 1.29 is 4.79 Å². The molecule has 2 aromatic rings. The average molecular weight is 243 g/mol. The minimum Gasteiger partial charge on any atom is -0.313 e. The lowest BCUT2D eigenvalue weighted by atomic mass is 10.3. The molecule has 1 aliphatic rings. The number of carbonyl (C=O) groups is 1. The first-order valence-electron chi connectivity index (χ1n) is 6.28. The van der Waals surface area contributed by atoms with Crippen LogP contribution in [0.1, 0.15) is 13.3 Å². The number of aromatic nitrogens is 2. The Kier molecular flexibility index (Phi) is 2.40. The summed E-state index contributed by atoms with van der Waals surface area (Å²) in [5.74, 6) is 1.62. The Labute approximate surface area is 106 Å². The minimum absolute atomic E-state index is 0.181. The number of rotatable bonds is 2. The van der Waals surface area contributed by atoms with E-state index in [2.05, 4.69) is 11.9 Å². The summed E-state index contributed by atoms with van der Waals surface area (Å²) in [6.45, 7) is 2.12. The normalized spacial score (nSPS) is 22.2. The van der Waals surface area contributed by atoms with Gasteiger partial charge >= 0.3 is 0 Å². The molecule has 0 spiro atoms. The Hall–Kier alpha value is -1.84. The fraction of sp³-hybridized carbons (Fsp3) is 0.429. The van der Waals surface area contributed by atoms with Crippen molar-refractivity contribution >= 4 is 22.9 Å². The summed E-state index contributed by atoms with van der Waals surface area (Å²) in [6.07, 6.45) is 1.01. The lowest BCUT2D eigenvalue weighted by molar-refractivity contribution is -0.119. The molecule has 4 heteroatoms. The SMILES string of the molecule is C[C@H]1C[C@@H]1C(=O)N(C)c1nc2ccccc2n1C. The molecule has 1 fully saturated rings. The first-order valence-corrected chi connectivity index (χ1v) is 6.28. The van der Waals surface area contributed by atoms with Gasteiger partial charge in [0.1, 0.15) is 0 Å². The van der Waals surface area contributed by atoms with Gasteiger partial charge in [-0.15, -0.1) is 0 Å². The van der Waals surface area contributed by atoms with Crippen molar-refractivity contribution in [2.75, 3.05) is 11.9 Å². The highest BCUT2D eigenvalue weighted by Gasteiger charge is 2.41. The number of imidazole rings is 1. The van der Waals surface area contributed by atoms with E-state index in [1.807, 2.05) is 42.9 Å². The van der Waals surface area contributed by atoms with Gasteiger partial charge in [-0.3, -0.25) is 9.69 Å². The molecule has 1 aromatic carbocycles. The van der Waals surface area contributed by atoms with Crippen molar-refractivity contribution in [1.82, 2.24) is 9.55 Å². The fourth-order valence-corrected chi connectivity index (χ4v) is 2.45. The quantitative estimate of drug-likeness (QED) is 0.811. The van der Waals surface area contributed by atoms with Crippen molar-refractivity contribution in [1.29, 1.82) is 0 Å². The van der Waals surface area contributed by atoms with Crippen LogP contribution in [0, 0.1) is 11.8 Å². The van der Waals surface area contributed by atoms with Crippen LogP contribution in [0.2, 0.25) is 0 Å². The summed E-state index contributed by atoms with van der Waals surface area (Å²) < 4.78 is 1.97. The number of carbonyl (C=O) groups excluding carboxylic acids is 1. The maximum absolute atomic E-state index is 12.2. The van der Waals surface area contributed by atoms with Crippen LogP contribution in [0.25, 0.3) is 11.0 Å². The molecule has 2 atom stereocenters. The maximum Gasteiger partial charge on any atom is 0.232 e. The third-order valence-electron chi connectivity index (χ3n) is 3.82. The number of para-hydroxylation sites is 2. The van der Waals surface area contributed by atoms with Gasteiger partial charge in [0.15, 0.2) is 0 Å². The molecule has 1 aliphatic carbocycles. The molecule has 4 nitrogen and oxygen atoms in total. The second-order valence-corrected chi connectivity index (χ2v) is 5.18. The van der Waals surface area contributed by atoms with Crippen LogP contribution in [0.5, 0.6) is 0 Å². The molecule has 0 unspecified atom stereocenters. The van der Waals surface area contributed by atoms with Crippen molar-refractivity contribution in [2.24, 2.45) is 18.9 Å². The van der Waals surface area contributed by atoms with Crippen LogP contribution >= 0.6 is 0 Å². The largest absolute Gasteiger partial charge is 0.313 e. The first kappa shape index (κ1) is 11.3. The van der Waals surface area contributed by atoms with Gasteiger partial charge in [0, 0.05) is 20.0 Å². The van der Waals surface area contributed by atoms with Crippen molar-refractivity contribution in [3.05, 3.63) is 24.3 Å². The zero-order valence-electron chi connectivity index (χ0n) is 10.9. The van der Waals surface area contributed by atoms with Gasteiger partial charge in [0.2, 0.25) is 11.9 Å². The van der Waals surface area contributed by atoms with Crippen LogP contribution in [0.15, 0.2) is 24.3 Å². The van der Waals surface area contributed by atoms with E-state index in [9.17, 15) is 4.79 Å². The molecule has 3 rings (SSSR count).